The quantitative estimate of drug-likeness (QED) is 0.151. The van der Waals surface area contributed by atoms with E-state index >= 15 is 0 Å². The minimum Gasteiger partial charge on any atom is -0.456 e. The summed E-state index contributed by atoms with van der Waals surface area (Å²) in [5, 5.41) is 9.39. The minimum atomic E-state index is 0.905. The Hall–Kier alpha value is -8.08. The van der Waals surface area contributed by atoms with Crippen LogP contribution in [0.15, 0.2) is 229 Å². The van der Waals surface area contributed by atoms with Crippen LogP contribution in [-0.4, -0.2) is 4.57 Å². The van der Waals surface area contributed by atoms with Crippen molar-refractivity contribution >= 4 is 99.4 Å². The molecule has 0 atom stereocenters. The fourth-order valence-corrected chi connectivity index (χ4v) is 9.17. The molecule has 60 heavy (non-hydrogen) atoms. The van der Waals surface area contributed by atoms with E-state index in [1.54, 1.807) is 0 Å². The van der Waals surface area contributed by atoms with Gasteiger partial charge in [-0.1, -0.05) is 115 Å². The normalized spacial score (nSPS) is 11.7. The number of benzene rings is 10. The molecule has 0 fully saturated rings. The van der Waals surface area contributed by atoms with Crippen molar-refractivity contribution in [3.8, 4) is 5.69 Å². The highest BCUT2D eigenvalue weighted by molar-refractivity contribution is 6.17. The highest BCUT2D eigenvalue weighted by Crippen LogP contribution is 2.44. The Morgan fingerprint density at radius 1 is 0.283 bits per heavy atom. The molecule has 0 aliphatic heterocycles. The molecule has 0 saturated carbocycles. The highest BCUT2D eigenvalue weighted by atomic mass is 16.3. The molecule has 12 rings (SSSR count). The van der Waals surface area contributed by atoms with Crippen LogP contribution in [0, 0.1) is 0 Å². The molecule has 0 saturated heterocycles. The zero-order valence-electron chi connectivity index (χ0n) is 32.6. The second-order valence-corrected chi connectivity index (χ2v) is 15.4. The summed E-state index contributed by atoms with van der Waals surface area (Å²) >= 11 is 0. The Morgan fingerprint density at radius 2 is 0.800 bits per heavy atom. The lowest BCUT2D eigenvalue weighted by atomic mass is 9.99. The third-order valence-corrected chi connectivity index (χ3v) is 11.9. The molecule has 2 aromatic heterocycles. The predicted octanol–water partition coefficient (Wildman–Crippen LogP) is 15.9. The summed E-state index contributed by atoms with van der Waals surface area (Å²) < 4.78 is 8.70. The van der Waals surface area contributed by atoms with E-state index in [0.717, 1.165) is 67.1 Å². The predicted molar refractivity (Wildman–Crippen MR) is 252 cm³/mol. The van der Waals surface area contributed by atoms with Gasteiger partial charge in [0.05, 0.1) is 11.0 Å². The van der Waals surface area contributed by atoms with Gasteiger partial charge in [-0.05, 0) is 131 Å². The molecule has 10 aromatic carbocycles. The third kappa shape index (κ3) is 5.53. The van der Waals surface area contributed by atoms with Gasteiger partial charge in [0.15, 0.2) is 0 Å². The summed E-state index contributed by atoms with van der Waals surface area (Å²) in [6, 6.07) is 80.6. The van der Waals surface area contributed by atoms with Crippen LogP contribution in [0.2, 0.25) is 0 Å². The molecule has 4 heteroatoms. The summed E-state index contributed by atoms with van der Waals surface area (Å²) in [6.07, 6.45) is 0. The van der Waals surface area contributed by atoms with Crippen molar-refractivity contribution in [2.45, 2.75) is 0 Å². The Labute approximate surface area is 347 Å². The van der Waals surface area contributed by atoms with Crippen LogP contribution in [0.1, 0.15) is 0 Å². The monoisotopic (exact) mass is 767 g/mol. The van der Waals surface area contributed by atoms with E-state index in [2.05, 4.69) is 227 Å². The van der Waals surface area contributed by atoms with Gasteiger partial charge in [-0.25, -0.2) is 0 Å². The zero-order valence-corrected chi connectivity index (χ0v) is 32.6. The molecule has 0 aliphatic rings. The van der Waals surface area contributed by atoms with Crippen molar-refractivity contribution in [3.63, 3.8) is 0 Å². The van der Waals surface area contributed by atoms with Crippen molar-refractivity contribution < 1.29 is 4.42 Å². The maximum atomic E-state index is 6.33. The molecule has 2 heterocycles. The summed E-state index contributed by atoms with van der Waals surface area (Å²) in [5.74, 6) is 0. The summed E-state index contributed by atoms with van der Waals surface area (Å²) in [6.45, 7) is 0. The topological polar surface area (TPSA) is 24.6 Å². The Bertz CT molecular complexity index is 3510. The Balaban J connectivity index is 1.10. The molecule has 0 bridgehead atoms. The average Bonchev–Trinajstić information content (AvgIpc) is 3.84. The first-order valence-corrected chi connectivity index (χ1v) is 20.4. The summed E-state index contributed by atoms with van der Waals surface area (Å²) in [7, 11) is 0. The van der Waals surface area contributed by atoms with Gasteiger partial charge in [0, 0.05) is 61.4 Å². The average molecular weight is 768 g/mol. The first-order valence-electron chi connectivity index (χ1n) is 20.4. The molecular weight excluding hydrogens is 731 g/mol. The van der Waals surface area contributed by atoms with Gasteiger partial charge in [0.25, 0.3) is 0 Å². The minimum absolute atomic E-state index is 0.905. The summed E-state index contributed by atoms with van der Waals surface area (Å²) in [4.78, 5) is 4.74. The lowest BCUT2D eigenvalue weighted by Gasteiger charge is -2.29. The van der Waals surface area contributed by atoms with Crippen LogP contribution >= 0.6 is 0 Å². The Kier molecular flexibility index (Phi) is 7.82. The maximum Gasteiger partial charge on any atom is 0.136 e. The molecule has 0 unspecified atom stereocenters. The van der Waals surface area contributed by atoms with Gasteiger partial charge < -0.3 is 18.8 Å². The van der Waals surface area contributed by atoms with E-state index in [0.29, 0.717) is 0 Å². The highest BCUT2D eigenvalue weighted by Gasteiger charge is 2.21. The van der Waals surface area contributed by atoms with Crippen LogP contribution in [0.25, 0.3) is 71.0 Å². The van der Waals surface area contributed by atoms with Gasteiger partial charge in [0.2, 0.25) is 0 Å². The standard InChI is InChI=1S/C56H37N3O/c1-4-15-40(16-5-1)57(41-17-6-2-7-18-41)43-21-14-22-44(34-43)58(46-31-32-54-51(36-46)47-23-10-12-25-53(47)59(54)42-19-8-3-9-20-42)45-30-29-38-27-28-39-33-56-52(37-50(39)49(38)35-45)48-24-11-13-26-55(48)60-56/h1-37H. The van der Waals surface area contributed by atoms with Crippen LogP contribution < -0.4 is 9.80 Å². The van der Waals surface area contributed by atoms with Gasteiger partial charge in [-0.3, -0.25) is 0 Å². The van der Waals surface area contributed by atoms with Crippen LogP contribution in [0.5, 0.6) is 0 Å². The molecule has 282 valence electrons. The van der Waals surface area contributed by atoms with Crippen LogP contribution in [-0.2, 0) is 0 Å². The molecule has 0 amide bonds. The van der Waals surface area contributed by atoms with E-state index in [1.807, 2.05) is 12.1 Å². The molecule has 0 N–H and O–H groups in total. The second-order valence-electron chi connectivity index (χ2n) is 15.4. The number of hydrogen-bond donors (Lipinski definition) is 0. The van der Waals surface area contributed by atoms with Crippen molar-refractivity contribution in [2.24, 2.45) is 0 Å². The van der Waals surface area contributed by atoms with Crippen molar-refractivity contribution in [2.75, 3.05) is 9.80 Å². The maximum absolute atomic E-state index is 6.33. The van der Waals surface area contributed by atoms with Crippen molar-refractivity contribution in [1.82, 2.24) is 4.57 Å². The summed E-state index contributed by atoms with van der Waals surface area (Å²) in [5.41, 5.74) is 11.8. The number of nitrogens with zero attached hydrogens (tertiary/aromatic N) is 3. The number of anilines is 6. The van der Waals surface area contributed by atoms with Crippen LogP contribution in [0.4, 0.5) is 34.1 Å². The molecule has 0 spiro atoms. The van der Waals surface area contributed by atoms with Gasteiger partial charge in [-0.2, -0.15) is 0 Å². The number of hydrogen-bond acceptors (Lipinski definition) is 3. The number of fused-ring (bicyclic) bond motifs is 9. The van der Waals surface area contributed by atoms with E-state index in [-0.39, 0.29) is 0 Å². The van der Waals surface area contributed by atoms with E-state index in [1.165, 1.54) is 38.0 Å². The van der Waals surface area contributed by atoms with Gasteiger partial charge >= 0.3 is 0 Å². The molecule has 0 radical (unpaired) electrons. The SMILES string of the molecule is c1ccc(N(c2ccccc2)c2cccc(N(c3ccc4ccc5cc6oc7ccccc7c6cc5c4c3)c3ccc4c(c3)c3ccccc3n4-c3ccccc3)c2)cc1. The van der Waals surface area contributed by atoms with Crippen molar-refractivity contribution in [3.05, 3.63) is 224 Å². The fraction of sp³-hybridized carbons (Fsp3) is 0. The molecular formula is C56H37N3O. The van der Waals surface area contributed by atoms with E-state index in [4.69, 9.17) is 4.42 Å². The Morgan fingerprint density at radius 3 is 1.55 bits per heavy atom. The lowest BCUT2D eigenvalue weighted by Crippen LogP contribution is -2.13. The molecule has 0 aliphatic carbocycles. The van der Waals surface area contributed by atoms with E-state index in [9.17, 15) is 0 Å². The first-order chi connectivity index (χ1) is 29.7. The largest absolute Gasteiger partial charge is 0.456 e. The van der Waals surface area contributed by atoms with Crippen molar-refractivity contribution in [1.29, 1.82) is 0 Å². The number of para-hydroxylation sites is 5. The molecule has 12 aromatic rings. The van der Waals surface area contributed by atoms with Gasteiger partial charge in [0.1, 0.15) is 11.2 Å². The first kappa shape index (κ1) is 34.0. The number of rotatable bonds is 7. The van der Waals surface area contributed by atoms with Crippen LogP contribution in [0.3, 0.4) is 0 Å². The number of furan rings is 1. The number of aromatic nitrogens is 1. The molecule has 4 nitrogen and oxygen atoms in total. The van der Waals surface area contributed by atoms with E-state index < -0.39 is 0 Å². The second kappa shape index (κ2) is 13.8. The van der Waals surface area contributed by atoms with Gasteiger partial charge in [-0.15, -0.1) is 0 Å². The fourth-order valence-electron chi connectivity index (χ4n) is 9.17. The third-order valence-electron chi connectivity index (χ3n) is 11.9. The zero-order chi connectivity index (χ0) is 39.6. The lowest BCUT2D eigenvalue weighted by molar-refractivity contribution is 0.669. The smallest absolute Gasteiger partial charge is 0.136 e.